The Hall–Kier alpha value is -1.80. The van der Waals surface area contributed by atoms with Gasteiger partial charge in [-0.3, -0.25) is 4.90 Å². The molecule has 2 N–H and O–H groups in total. The topological polar surface area (TPSA) is 61.8 Å². The Morgan fingerprint density at radius 2 is 1.84 bits per heavy atom. The highest BCUT2D eigenvalue weighted by molar-refractivity contribution is 5.69. The van der Waals surface area contributed by atoms with Crippen molar-refractivity contribution in [1.29, 1.82) is 0 Å². The third kappa shape index (κ3) is 2.97. The van der Waals surface area contributed by atoms with E-state index in [1.165, 1.54) is 0 Å². The third-order valence-corrected chi connectivity index (χ3v) is 5.33. The van der Waals surface area contributed by atoms with E-state index in [9.17, 15) is 23.1 Å². The van der Waals surface area contributed by atoms with E-state index in [1.807, 2.05) is 0 Å². The molecule has 138 valence electrons. The summed E-state index contributed by atoms with van der Waals surface area (Å²) >= 11 is 0. The van der Waals surface area contributed by atoms with Crippen LogP contribution < -0.4 is 5.32 Å². The van der Waals surface area contributed by atoms with E-state index in [2.05, 4.69) is 5.32 Å². The average Bonchev–Trinajstić information content (AvgIpc) is 2.88. The van der Waals surface area contributed by atoms with Crippen molar-refractivity contribution in [2.75, 3.05) is 19.6 Å². The van der Waals surface area contributed by atoms with Crippen LogP contribution in [0.1, 0.15) is 24.8 Å². The number of nitrogens with zero attached hydrogens (tertiary/aromatic N) is 1. The van der Waals surface area contributed by atoms with Crippen molar-refractivity contribution >= 4 is 6.09 Å². The van der Waals surface area contributed by atoms with Gasteiger partial charge in [0, 0.05) is 12.0 Å². The fourth-order valence-corrected chi connectivity index (χ4v) is 3.93. The molecule has 2 saturated heterocycles. The lowest BCUT2D eigenvalue weighted by molar-refractivity contribution is -0.336. The van der Waals surface area contributed by atoms with Gasteiger partial charge in [0.05, 0.1) is 0 Å². The monoisotopic (exact) mass is 358 g/mol. The van der Waals surface area contributed by atoms with Gasteiger partial charge in [-0.15, -0.1) is 0 Å². The van der Waals surface area contributed by atoms with E-state index >= 15 is 0 Å². The normalized spacial score (nSPS) is 26.0. The number of carbonyl (C=O) groups is 1. The number of aliphatic hydroxyl groups is 1. The Balaban J connectivity index is 1.81. The van der Waals surface area contributed by atoms with Crippen molar-refractivity contribution in [3.63, 3.8) is 0 Å². The molecule has 1 unspecified atom stereocenters. The summed E-state index contributed by atoms with van der Waals surface area (Å²) in [5.41, 5.74) is -3.92. The second-order valence-electron chi connectivity index (χ2n) is 6.64. The van der Waals surface area contributed by atoms with Crippen molar-refractivity contribution in [2.45, 2.75) is 37.8 Å². The summed E-state index contributed by atoms with van der Waals surface area (Å²) < 4.78 is 46.5. The van der Waals surface area contributed by atoms with Crippen LogP contribution in [-0.4, -0.2) is 47.6 Å². The summed E-state index contributed by atoms with van der Waals surface area (Å²) in [7, 11) is 0. The first kappa shape index (κ1) is 18.0. The van der Waals surface area contributed by atoms with E-state index in [1.54, 1.807) is 30.3 Å². The molecule has 0 aromatic heterocycles. The predicted molar refractivity (Wildman–Crippen MR) is 83.5 cm³/mol. The zero-order valence-corrected chi connectivity index (χ0v) is 13.7. The molecule has 25 heavy (non-hydrogen) atoms. The van der Waals surface area contributed by atoms with Crippen LogP contribution in [0.4, 0.5) is 18.0 Å². The fraction of sp³-hybridized carbons (Fsp3) is 0.588. The number of rotatable bonds is 2. The number of hydrogen-bond acceptors (Lipinski definition) is 4. The van der Waals surface area contributed by atoms with E-state index in [0.29, 0.717) is 23.6 Å². The smallest absolute Gasteiger partial charge is 0.437 e. The maximum atomic E-state index is 13.8. The maximum absolute atomic E-state index is 13.8. The molecule has 5 nitrogen and oxygen atoms in total. The number of alkyl halides is 3. The first-order chi connectivity index (χ1) is 11.8. The molecule has 3 rings (SSSR count). The van der Waals surface area contributed by atoms with Crippen LogP contribution >= 0.6 is 0 Å². The largest absolute Gasteiger partial charge is 0.444 e. The molecule has 1 spiro atoms. The lowest BCUT2D eigenvalue weighted by atomic mass is 9.70. The Morgan fingerprint density at radius 1 is 1.20 bits per heavy atom. The number of nitrogens with one attached hydrogen (secondary N) is 1. The van der Waals surface area contributed by atoms with Gasteiger partial charge in [0.1, 0.15) is 6.61 Å². The molecular formula is C17H21F3N2O3. The first-order valence-corrected chi connectivity index (χ1v) is 8.28. The summed E-state index contributed by atoms with van der Waals surface area (Å²) in [6.07, 6.45) is -5.67. The number of piperidine rings is 1. The van der Waals surface area contributed by atoms with Crippen molar-refractivity contribution < 1.29 is 27.8 Å². The second kappa shape index (κ2) is 6.49. The van der Waals surface area contributed by atoms with Gasteiger partial charge in [-0.2, -0.15) is 13.2 Å². The Bertz CT molecular complexity index is 617. The van der Waals surface area contributed by atoms with Crippen molar-refractivity contribution in [2.24, 2.45) is 5.41 Å². The van der Waals surface area contributed by atoms with E-state index < -0.39 is 23.4 Å². The first-order valence-electron chi connectivity index (χ1n) is 8.28. The summed E-state index contributed by atoms with van der Waals surface area (Å²) in [5, 5.41) is 13.7. The number of hydrogen-bond donors (Lipinski definition) is 2. The lowest BCUT2D eigenvalue weighted by Gasteiger charge is -2.47. The number of ether oxygens (including phenoxy) is 1. The summed E-state index contributed by atoms with van der Waals surface area (Å²) in [6.45, 7) is 0.443. The molecule has 0 aliphatic carbocycles. The molecule has 1 atom stereocenters. The van der Waals surface area contributed by atoms with Crippen LogP contribution in [-0.2, 0) is 11.3 Å². The fourth-order valence-electron chi connectivity index (χ4n) is 3.93. The molecule has 2 fully saturated rings. The van der Waals surface area contributed by atoms with Crippen LogP contribution in [0.3, 0.4) is 0 Å². The number of likely N-dealkylation sites (tertiary alicyclic amines) is 1. The number of amides is 1. The maximum Gasteiger partial charge on any atom is 0.437 e. The number of carbonyl (C=O) groups excluding carboxylic acids is 1. The second-order valence-corrected chi connectivity index (χ2v) is 6.64. The van der Waals surface area contributed by atoms with Gasteiger partial charge in [0.15, 0.2) is 0 Å². The van der Waals surface area contributed by atoms with Gasteiger partial charge >= 0.3 is 12.3 Å². The van der Waals surface area contributed by atoms with Crippen LogP contribution in [0.25, 0.3) is 0 Å². The summed E-state index contributed by atoms with van der Waals surface area (Å²) in [4.78, 5) is 12.8. The van der Waals surface area contributed by atoms with E-state index in [0.717, 1.165) is 0 Å². The molecule has 2 aliphatic rings. The van der Waals surface area contributed by atoms with Gasteiger partial charge in [-0.1, -0.05) is 30.3 Å². The van der Waals surface area contributed by atoms with Gasteiger partial charge in [0.2, 0.25) is 5.72 Å². The molecule has 1 amide bonds. The Kier molecular flexibility index (Phi) is 4.68. The van der Waals surface area contributed by atoms with Gasteiger partial charge in [-0.25, -0.2) is 4.79 Å². The molecule has 8 heteroatoms. The van der Waals surface area contributed by atoms with Crippen LogP contribution in [0.15, 0.2) is 30.3 Å². The summed E-state index contributed by atoms with van der Waals surface area (Å²) in [6, 6.07) is 8.70. The average molecular weight is 358 g/mol. The Morgan fingerprint density at radius 3 is 2.44 bits per heavy atom. The van der Waals surface area contributed by atoms with Crippen LogP contribution in [0.5, 0.6) is 0 Å². The van der Waals surface area contributed by atoms with Crippen molar-refractivity contribution in [3.8, 4) is 0 Å². The highest BCUT2D eigenvalue weighted by atomic mass is 19.4. The van der Waals surface area contributed by atoms with Gasteiger partial charge < -0.3 is 15.2 Å². The highest BCUT2D eigenvalue weighted by Crippen LogP contribution is 2.56. The molecule has 0 radical (unpaired) electrons. The Labute approximate surface area is 143 Å². The molecular weight excluding hydrogens is 337 g/mol. The minimum atomic E-state index is -4.95. The number of benzene rings is 1. The van der Waals surface area contributed by atoms with E-state index in [-0.39, 0.29) is 32.4 Å². The highest BCUT2D eigenvalue weighted by Gasteiger charge is 2.73. The molecule has 1 aromatic carbocycles. The molecule has 2 aliphatic heterocycles. The van der Waals surface area contributed by atoms with E-state index in [4.69, 9.17) is 4.74 Å². The van der Waals surface area contributed by atoms with Gasteiger partial charge in [0.25, 0.3) is 0 Å². The zero-order valence-electron chi connectivity index (χ0n) is 13.7. The van der Waals surface area contributed by atoms with Gasteiger partial charge in [-0.05, 0) is 37.9 Å². The zero-order chi connectivity index (χ0) is 18.1. The lowest BCUT2D eigenvalue weighted by Crippen LogP contribution is -2.66. The SMILES string of the molecule is O=C(OCc1ccccc1)N1CCC2(CCNCC2)C1(O)C(F)(F)F. The third-order valence-electron chi connectivity index (χ3n) is 5.33. The minimum Gasteiger partial charge on any atom is -0.444 e. The predicted octanol–water partition coefficient (Wildman–Crippen LogP) is 2.65. The molecule has 0 bridgehead atoms. The minimum absolute atomic E-state index is 0.102. The quantitative estimate of drug-likeness (QED) is 0.853. The number of halogens is 3. The standard InChI is InChI=1S/C17H21F3N2O3/c18-17(19,20)16(24)15(6-9-21-10-7-15)8-11-22(16)14(23)25-12-13-4-2-1-3-5-13/h1-5,21,24H,6-12H2. The van der Waals surface area contributed by atoms with Crippen molar-refractivity contribution in [1.82, 2.24) is 10.2 Å². The molecule has 2 heterocycles. The summed E-state index contributed by atoms with van der Waals surface area (Å²) in [5.74, 6) is 0. The van der Waals surface area contributed by atoms with Crippen LogP contribution in [0.2, 0.25) is 0 Å². The van der Waals surface area contributed by atoms with Crippen molar-refractivity contribution in [3.05, 3.63) is 35.9 Å². The molecule has 1 aromatic rings. The van der Waals surface area contributed by atoms with Crippen LogP contribution in [0, 0.1) is 5.41 Å². The molecule has 0 saturated carbocycles.